The van der Waals surface area contributed by atoms with Crippen LogP contribution >= 0.6 is 11.6 Å². The van der Waals surface area contributed by atoms with Crippen LogP contribution in [0.4, 0.5) is 5.69 Å². The minimum Gasteiger partial charge on any atom is -0.454 e. The number of piperazine rings is 1. The summed E-state index contributed by atoms with van der Waals surface area (Å²) < 4.78 is 10.6. The molecule has 0 atom stereocenters. The van der Waals surface area contributed by atoms with Crippen molar-refractivity contribution in [1.29, 1.82) is 0 Å². The number of carbonyl (C=O) groups is 1. The first-order valence-corrected chi connectivity index (χ1v) is 8.28. The summed E-state index contributed by atoms with van der Waals surface area (Å²) in [5.74, 6) is 1.35. The van der Waals surface area contributed by atoms with Crippen LogP contribution in [0.2, 0.25) is 5.02 Å². The summed E-state index contributed by atoms with van der Waals surface area (Å²) in [4.78, 5) is 16.8. The van der Waals surface area contributed by atoms with Gasteiger partial charge in [-0.05, 0) is 30.3 Å². The Kier molecular flexibility index (Phi) is 3.94. The monoisotopic (exact) mass is 344 g/mol. The Labute approximate surface area is 145 Å². The predicted molar refractivity (Wildman–Crippen MR) is 92.1 cm³/mol. The molecule has 6 heteroatoms. The van der Waals surface area contributed by atoms with Gasteiger partial charge in [-0.3, -0.25) is 4.79 Å². The molecular weight excluding hydrogens is 328 g/mol. The highest BCUT2D eigenvalue weighted by atomic mass is 35.5. The van der Waals surface area contributed by atoms with Crippen LogP contribution in [-0.2, 0) is 0 Å². The lowest BCUT2D eigenvalue weighted by atomic mass is 10.1. The van der Waals surface area contributed by atoms with E-state index in [9.17, 15) is 4.79 Å². The first kappa shape index (κ1) is 15.1. The van der Waals surface area contributed by atoms with Gasteiger partial charge in [0.25, 0.3) is 5.91 Å². The topological polar surface area (TPSA) is 42.0 Å². The number of hydrogen-bond donors (Lipinski definition) is 0. The van der Waals surface area contributed by atoms with Crippen molar-refractivity contribution >= 4 is 23.2 Å². The molecule has 2 aromatic rings. The van der Waals surface area contributed by atoms with Crippen LogP contribution in [0.5, 0.6) is 11.5 Å². The van der Waals surface area contributed by atoms with Crippen LogP contribution in [0.15, 0.2) is 42.5 Å². The maximum Gasteiger partial charge on any atom is 0.254 e. The minimum absolute atomic E-state index is 0.0205. The second-order valence-electron chi connectivity index (χ2n) is 5.80. The fourth-order valence-electron chi connectivity index (χ4n) is 3.07. The van der Waals surface area contributed by atoms with Gasteiger partial charge in [-0.15, -0.1) is 0 Å². The molecule has 1 fully saturated rings. The summed E-state index contributed by atoms with van der Waals surface area (Å²) in [6, 6.07) is 13.1. The summed E-state index contributed by atoms with van der Waals surface area (Å²) in [5.41, 5.74) is 1.65. The molecule has 5 nitrogen and oxygen atoms in total. The number of ether oxygens (including phenoxy) is 2. The molecule has 2 aromatic carbocycles. The van der Waals surface area contributed by atoms with Crippen molar-refractivity contribution in [3.05, 3.63) is 53.1 Å². The van der Waals surface area contributed by atoms with Gasteiger partial charge in [0, 0.05) is 31.7 Å². The molecule has 1 saturated heterocycles. The van der Waals surface area contributed by atoms with E-state index in [2.05, 4.69) is 4.90 Å². The molecule has 0 radical (unpaired) electrons. The zero-order chi connectivity index (χ0) is 16.5. The van der Waals surface area contributed by atoms with Crippen molar-refractivity contribution in [2.45, 2.75) is 0 Å². The number of nitrogens with zero attached hydrogens (tertiary/aromatic N) is 2. The van der Waals surface area contributed by atoms with Gasteiger partial charge in [0.15, 0.2) is 11.5 Å². The summed E-state index contributed by atoms with van der Waals surface area (Å²) >= 11 is 6.26. The fourth-order valence-corrected chi connectivity index (χ4v) is 3.33. The molecule has 2 aliphatic rings. The smallest absolute Gasteiger partial charge is 0.254 e. The van der Waals surface area contributed by atoms with Gasteiger partial charge in [0.1, 0.15) is 0 Å². The van der Waals surface area contributed by atoms with E-state index >= 15 is 0 Å². The Bertz CT molecular complexity index is 773. The van der Waals surface area contributed by atoms with Crippen molar-refractivity contribution < 1.29 is 14.3 Å². The van der Waals surface area contributed by atoms with Gasteiger partial charge in [0.05, 0.1) is 10.7 Å². The van der Waals surface area contributed by atoms with Gasteiger partial charge < -0.3 is 19.3 Å². The third-order valence-corrected chi connectivity index (χ3v) is 4.70. The van der Waals surface area contributed by atoms with Crippen molar-refractivity contribution in [2.24, 2.45) is 0 Å². The van der Waals surface area contributed by atoms with Gasteiger partial charge in [-0.25, -0.2) is 0 Å². The molecule has 0 unspecified atom stereocenters. The van der Waals surface area contributed by atoms with Gasteiger partial charge in [-0.1, -0.05) is 23.7 Å². The number of halogens is 1. The first-order valence-electron chi connectivity index (χ1n) is 7.91. The molecule has 2 aliphatic heterocycles. The van der Waals surface area contributed by atoms with E-state index in [-0.39, 0.29) is 12.7 Å². The zero-order valence-corrected chi connectivity index (χ0v) is 13.8. The highest BCUT2D eigenvalue weighted by Crippen LogP contribution is 2.33. The number of anilines is 1. The fraction of sp³-hybridized carbons (Fsp3) is 0.278. The maximum absolute atomic E-state index is 12.7. The Balaban J connectivity index is 1.44. The third-order valence-electron chi connectivity index (χ3n) is 4.38. The van der Waals surface area contributed by atoms with Crippen molar-refractivity contribution in [1.82, 2.24) is 4.90 Å². The number of fused-ring (bicyclic) bond motifs is 1. The molecular formula is C18H17ClN2O3. The quantitative estimate of drug-likeness (QED) is 0.839. The number of hydrogen-bond acceptors (Lipinski definition) is 4. The van der Waals surface area contributed by atoms with Crippen molar-refractivity contribution in [3.63, 3.8) is 0 Å². The Morgan fingerprint density at radius 1 is 0.958 bits per heavy atom. The molecule has 124 valence electrons. The highest BCUT2D eigenvalue weighted by Gasteiger charge is 2.24. The molecule has 0 N–H and O–H groups in total. The average Bonchev–Trinajstić information content (AvgIpc) is 3.09. The SMILES string of the molecule is O=C(c1ccc2c(c1)OCO2)N1CCN(c2ccccc2Cl)CC1. The van der Waals surface area contributed by atoms with Crippen LogP contribution in [0.1, 0.15) is 10.4 Å². The molecule has 0 aliphatic carbocycles. The van der Waals surface area contributed by atoms with E-state index in [4.69, 9.17) is 21.1 Å². The molecule has 24 heavy (non-hydrogen) atoms. The molecule has 4 rings (SSSR count). The summed E-state index contributed by atoms with van der Waals surface area (Å²) in [6.07, 6.45) is 0. The van der Waals surface area contributed by atoms with Gasteiger partial charge in [0.2, 0.25) is 6.79 Å². The molecule has 0 bridgehead atoms. The van der Waals surface area contributed by atoms with Crippen LogP contribution in [0.25, 0.3) is 0 Å². The molecule has 1 amide bonds. The predicted octanol–water partition coefficient (Wildman–Crippen LogP) is 3.03. The highest BCUT2D eigenvalue weighted by molar-refractivity contribution is 6.33. The lowest BCUT2D eigenvalue weighted by Crippen LogP contribution is -2.48. The number of rotatable bonds is 2. The zero-order valence-electron chi connectivity index (χ0n) is 13.1. The molecule has 0 saturated carbocycles. The van der Waals surface area contributed by atoms with Crippen LogP contribution in [0, 0.1) is 0 Å². The van der Waals surface area contributed by atoms with E-state index in [1.165, 1.54) is 0 Å². The third kappa shape index (κ3) is 2.76. The minimum atomic E-state index is 0.0205. The summed E-state index contributed by atoms with van der Waals surface area (Å²) in [6.45, 7) is 3.07. The van der Waals surface area contributed by atoms with E-state index in [1.54, 1.807) is 18.2 Å². The summed E-state index contributed by atoms with van der Waals surface area (Å²) in [7, 11) is 0. The van der Waals surface area contributed by atoms with E-state index in [0.717, 1.165) is 23.8 Å². The van der Waals surface area contributed by atoms with E-state index in [1.807, 2.05) is 29.2 Å². The van der Waals surface area contributed by atoms with Crippen molar-refractivity contribution in [2.75, 3.05) is 37.9 Å². The number of benzene rings is 2. The van der Waals surface area contributed by atoms with Gasteiger partial charge in [-0.2, -0.15) is 0 Å². The largest absolute Gasteiger partial charge is 0.454 e. The Morgan fingerprint density at radius 3 is 2.50 bits per heavy atom. The molecule has 2 heterocycles. The first-order chi connectivity index (χ1) is 11.7. The standard InChI is InChI=1S/C18H17ClN2O3/c19-14-3-1-2-4-15(14)20-7-9-21(10-8-20)18(22)13-5-6-16-17(11-13)24-12-23-16/h1-6,11H,7-10,12H2. The van der Waals surface area contributed by atoms with Crippen LogP contribution < -0.4 is 14.4 Å². The maximum atomic E-state index is 12.7. The Hall–Kier alpha value is -2.40. The lowest BCUT2D eigenvalue weighted by Gasteiger charge is -2.36. The van der Waals surface area contributed by atoms with Crippen LogP contribution in [0.3, 0.4) is 0 Å². The van der Waals surface area contributed by atoms with E-state index < -0.39 is 0 Å². The van der Waals surface area contributed by atoms with Crippen LogP contribution in [-0.4, -0.2) is 43.8 Å². The number of amides is 1. The van der Waals surface area contributed by atoms with E-state index in [0.29, 0.717) is 30.2 Å². The Morgan fingerprint density at radius 2 is 1.71 bits per heavy atom. The number of carbonyl (C=O) groups excluding carboxylic acids is 1. The lowest BCUT2D eigenvalue weighted by molar-refractivity contribution is 0.0746. The molecule has 0 spiro atoms. The molecule has 0 aromatic heterocycles. The van der Waals surface area contributed by atoms with Crippen molar-refractivity contribution in [3.8, 4) is 11.5 Å². The number of para-hydroxylation sites is 1. The van der Waals surface area contributed by atoms with Gasteiger partial charge >= 0.3 is 0 Å². The second-order valence-corrected chi connectivity index (χ2v) is 6.21. The summed E-state index contributed by atoms with van der Waals surface area (Å²) in [5, 5.41) is 0.744. The average molecular weight is 345 g/mol. The normalized spacial score (nSPS) is 16.4. The second kappa shape index (κ2) is 6.24.